The molecular weight excluding hydrogens is 288 g/mol. The number of halogens is 1. The van der Waals surface area contributed by atoms with Gasteiger partial charge in [0, 0.05) is 30.2 Å². The summed E-state index contributed by atoms with van der Waals surface area (Å²) in [4.78, 5) is 24.4. The molecule has 6 heteroatoms. The molecular formula is C15H11ClN4O. The Bertz CT molecular complexity index is 806. The Morgan fingerprint density at radius 2 is 1.95 bits per heavy atom. The lowest BCUT2D eigenvalue weighted by atomic mass is 10.2. The highest BCUT2D eigenvalue weighted by atomic mass is 35.5. The van der Waals surface area contributed by atoms with Crippen molar-refractivity contribution in [3.8, 4) is 0 Å². The van der Waals surface area contributed by atoms with Crippen molar-refractivity contribution in [3.63, 3.8) is 0 Å². The van der Waals surface area contributed by atoms with Crippen LogP contribution in [0.25, 0.3) is 11.2 Å². The highest BCUT2D eigenvalue weighted by Crippen LogP contribution is 2.14. The van der Waals surface area contributed by atoms with Gasteiger partial charge in [0.15, 0.2) is 5.65 Å². The summed E-state index contributed by atoms with van der Waals surface area (Å²) in [5, 5.41) is 3.43. The highest BCUT2D eigenvalue weighted by molar-refractivity contribution is 6.31. The molecule has 5 nitrogen and oxygen atoms in total. The van der Waals surface area contributed by atoms with Gasteiger partial charge in [-0.3, -0.25) is 9.78 Å². The molecule has 0 saturated heterocycles. The molecule has 0 unspecified atom stereocenters. The number of fused-ring (bicyclic) bond motifs is 1. The van der Waals surface area contributed by atoms with Crippen molar-refractivity contribution in [2.75, 3.05) is 0 Å². The molecule has 0 bridgehead atoms. The molecule has 104 valence electrons. The van der Waals surface area contributed by atoms with E-state index in [1.165, 1.54) is 6.20 Å². The van der Waals surface area contributed by atoms with E-state index >= 15 is 0 Å². The number of amides is 1. The van der Waals surface area contributed by atoms with Crippen LogP contribution in [0.2, 0.25) is 5.02 Å². The summed E-state index contributed by atoms with van der Waals surface area (Å²) in [6.07, 6.45) is 4.61. The first kappa shape index (κ1) is 13.5. The van der Waals surface area contributed by atoms with E-state index in [4.69, 9.17) is 11.6 Å². The molecule has 21 heavy (non-hydrogen) atoms. The summed E-state index contributed by atoms with van der Waals surface area (Å²) < 4.78 is 0. The summed E-state index contributed by atoms with van der Waals surface area (Å²) in [6, 6.07) is 9.04. The number of carbonyl (C=O) groups is 1. The maximum Gasteiger partial charge on any atom is 0.253 e. The topological polar surface area (TPSA) is 67.8 Å². The minimum Gasteiger partial charge on any atom is -0.348 e. The highest BCUT2D eigenvalue weighted by Gasteiger charge is 2.08. The zero-order valence-electron chi connectivity index (χ0n) is 11.0. The van der Waals surface area contributed by atoms with Crippen LogP contribution in [0.5, 0.6) is 0 Å². The van der Waals surface area contributed by atoms with Crippen LogP contribution in [0.1, 0.15) is 15.9 Å². The van der Waals surface area contributed by atoms with Gasteiger partial charge in [0.1, 0.15) is 5.52 Å². The second-order valence-corrected chi connectivity index (χ2v) is 4.80. The number of carbonyl (C=O) groups excluding carboxylic acids is 1. The van der Waals surface area contributed by atoms with Gasteiger partial charge < -0.3 is 5.32 Å². The van der Waals surface area contributed by atoms with Crippen LogP contribution in [0.4, 0.5) is 0 Å². The van der Waals surface area contributed by atoms with E-state index in [2.05, 4.69) is 20.3 Å². The van der Waals surface area contributed by atoms with Gasteiger partial charge in [-0.25, -0.2) is 9.97 Å². The van der Waals surface area contributed by atoms with E-state index in [0.29, 0.717) is 28.3 Å². The minimum absolute atomic E-state index is 0.227. The van der Waals surface area contributed by atoms with Gasteiger partial charge >= 0.3 is 0 Å². The van der Waals surface area contributed by atoms with Crippen LogP contribution in [0.15, 0.2) is 48.9 Å². The van der Waals surface area contributed by atoms with Crippen LogP contribution in [-0.2, 0) is 6.54 Å². The molecule has 0 spiro atoms. The molecule has 1 aromatic carbocycles. The molecule has 1 amide bonds. The number of nitrogens with one attached hydrogen (secondary N) is 1. The smallest absolute Gasteiger partial charge is 0.253 e. The lowest BCUT2D eigenvalue weighted by molar-refractivity contribution is 0.0950. The maximum absolute atomic E-state index is 12.1. The van der Waals surface area contributed by atoms with Gasteiger partial charge in [0.05, 0.1) is 5.56 Å². The van der Waals surface area contributed by atoms with Crippen molar-refractivity contribution in [2.24, 2.45) is 0 Å². The second kappa shape index (κ2) is 5.85. The molecule has 0 saturated carbocycles. The van der Waals surface area contributed by atoms with Crippen molar-refractivity contribution in [1.29, 1.82) is 0 Å². The molecule has 2 heterocycles. The van der Waals surface area contributed by atoms with E-state index in [0.717, 1.165) is 5.56 Å². The number of hydrogen-bond acceptors (Lipinski definition) is 4. The molecule has 0 aliphatic heterocycles. The second-order valence-electron chi connectivity index (χ2n) is 4.40. The molecule has 0 radical (unpaired) electrons. The number of pyridine rings is 1. The number of nitrogens with zero attached hydrogens (tertiary/aromatic N) is 3. The number of hydrogen-bond donors (Lipinski definition) is 1. The van der Waals surface area contributed by atoms with Crippen LogP contribution < -0.4 is 5.32 Å². The monoisotopic (exact) mass is 298 g/mol. The van der Waals surface area contributed by atoms with Gasteiger partial charge in [-0.15, -0.1) is 0 Å². The summed E-state index contributed by atoms with van der Waals surface area (Å²) in [5.41, 5.74) is 2.40. The third-order valence-electron chi connectivity index (χ3n) is 2.98. The largest absolute Gasteiger partial charge is 0.348 e. The predicted molar refractivity (Wildman–Crippen MR) is 80.0 cm³/mol. The molecule has 1 N–H and O–H groups in total. The maximum atomic E-state index is 12.1. The normalized spacial score (nSPS) is 10.5. The third kappa shape index (κ3) is 2.98. The fourth-order valence-electron chi connectivity index (χ4n) is 1.90. The standard InChI is InChI=1S/C15H11ClN4O/c16-12-4-2-1-3-10(12)8-20-15(21)11-7-13-14(19-9-11)18-6-5-17-13/h1-7,9H,8H2,(H,20,21). The summed E-state index contributed by atoms with van der Waals surface area (Å²) in [6.45, 7) is 0.358. The Balaban J connectivity index is 1.76. The van der Waals surface area contributed by atoms with E-state index < -0.39 is 0 Å². The average Bonchev–Trinajstić information content (AvgIpc) is 2.53. The van der Waals surface area contributed by atoms with Crippen LogP contribution in [0.3, 0.4) is 0 Å². The van der Waals surface area contributed by atoms with E-state index in [1.54, 1.807) is 24.5 Å². The van der Waals surface area contributed by atoms with Crippen molar-refractivity contribution >= 4 is 28.7 Å². The number of rotatable bonds is 3. The lowest BCUT2D eigenvalue weighted by Crippen LogP contribution is -2.23. The Morgan fingerprint density at radius 3 is 2.81 bits per heavy atom. The van der Waals surface area contributed by atoms with Gasteiger partial charge in [0.25, 0.3) is 5.91 Å². The minimum atomic E-state index is -0.227. The number of benzene rings is 1. The molecule has 0 fully saturated rings. The quantitative estimate of drug-likeness (QED) is 0.807. The van der Waals surface area contributed by atoms with Gasteiger partial charge in [-0.2, -0.15) is 0 Å². The average molecular weight is 299 g/mol. The van der Waals surface area contributed by atoms with E-state index in [9.17, 15) is 4.79 Å². The predicted octanol–water partition coefficient (Wildman–Crippen LogP) is 2.61. The van der Waals surface area contributed by atoms with Crippen molar-refractivity contribution < 1.29 is 4.79 Å². The molecule has 3 rings (SSSR count). The lowest BCUT2D eigenvalue weighted by Gasteiger charge is -2.07. The van der Waals surface area contributed by atoms with Gasteiger partial charge in [-0.05, 0) is 17.7 Å². The molecule has 3 aromatic rings. The first-order chi connectivity index (χ1) is 10.2. The van der Waals surface area contributed by atoms with Crippen molar-refractivity contribution in [2.45, 2.75) is 6.54 Å². The molecule has 0 aliphatic rings. The third-order valence-corrected chi connectivity index (χ3v) is 3.35. The Morgan fingerprint density at radius 1 is 1.14 bits per heavy atom. The fraction of sp³-hybridized carbons (Fsp3) is 0.0667. The molecule has 2 aromatic heterocycles. The zero-order chi connectivity index (χ0) is 14.7. The van der Waals surface area contributed by atoms with E-state index in [-0.39, 0.29) is 5.91 Å². The van der Waals surface area contributed by atoms with E-state index in [1.807, 2.05) is 18.2 Å². The van der Waals surface area contributed by atoms with Crippen LogP contribution in [0, 0.1) is 0 Å². The van der Waals surface area contributed by atoms with Crippen LogP contribution >= 0.6 is 11.6 Å². The zero-order valence-corrected chi connectivity index (χ0v) is 11.7. The van der Waals surface area contributed by atoms with Crippen molar-refractivity contribution in [3.05, 3.63) is 65.1 Å². The van der Waals surface area contributed by atoms with Gasteiger partial charge in [-0.1, -0.05) is 29.8 Å². The number of aromatic nitrogens is 3. The summed E-state index contributed by atoms with van der Waals surface area (Å²) in [5.74, 6) is -0.227. The Kier molecular flexibility index (Phi) is 3.75. The van der Waals surface area contributed by atoms with Crippen molar-refractivity contribution in [1.82, 2.24) is 20.3 Å². The Hall–Kier alpha value is -2.53. The Labute approximate surface area is 126 Å². The first-order valence-electron chi connectivity index (χ1n) is 6.32. The molecule has 0 aliphatic carbocycles. The summed E-state index contributed by atoms with van der Waals surface area (Å²) in [7, 11) is 0. The van der Waals surface area contributed by atoms with Crippen LogP contribution in [-0.4, -0.2) is 20.9 Å². The molecule has 0 atom stereocenters. The SMILES string of the molecule is O=C(NCc1ccccc1Cl)c1cnc2nccnc2c1. The summed E-state index contributed by atoms with van der Waals surface area (Å²) >= 11 is 6.05. The first-order valence-corrected chi connectivity index (χ1v) is 6.70. The fourth-order valence-corrected chi connectivity index (χ4v) is 2.10. The van der Waals surface area contributed by atoms with Gasteiger partial charge in [0.2, 0.25) is 0 Å².